The summed E-state index contributed by atoms with van der Waals surface area (Å²) in [6, 6.07) is 6.72. The molecule has 1 aromatic carbocycles. The number of aromatic nitrogens is 1. The monoisotopic (exact) mass is 380 g/mol. The van der Waals surface area contributed by atoms with Crippen molar-refractivity contribution in [3.8, 4) is 17.4 Å². The minimum absolute atomic E-state index is 0.0810. The van der Waals surface area contributed by atoms with Gasteiger partial charge in [-0.05, 0) is 31.2 Å². The highest BCUT2D eigenvalue weighted by molar-refractivity contribution is 5.96. The van der Waals surface area contributed by atoms with Crippen molar-refractivity contribution in [3.05, 3.63) is 42.1 Å². The van der Waals surface area contributed by atoms with Gasteiger partial charge in [-0.25, -0.2) is 9.78 Å². The molecule has 3 rings (SSSR count). The Bertz CT molecular complexity index is 874. The predicted octanol–water partition coefficient (Wildman–Crippen LogP) is 2.60. The number of amides is 1. The zero-order valence-corrected chi connectivity index (χ0v) is 14.0. The van der Waals surface area contributed by atoms with Gasteiger partial charge in [0.15, 0.2) is 18.1 Å². The van der Waals surface area contributed by atoms with Gasteiger partial charge in [0.25, 0.3) is 5.91 Å². The van der Waals surface area contributed by atoms with Crippen molar-refractivity contribution in [3.63, 3.8) is 0 Å². The van der Waals surface area contributed by atoms with Crippen molar-refractivity contribution in [2.24, 2.45) is 0 Å². The van der Waals surface area contributed by atoms with Crippen molar-refractivity contribution in [2.75, 3.05) is 18.5 Å². The summed E-state index contributed by atoms with van der Waals surface area (Å²) >= 11 is 0. The van der Waals surface area contributed by atoms with E-state index in [1.165, 1.54) is 36.5 Å². The number of anilines is 1. The van der Waals surface area contributed by atoms with Crippen LogP contribution < -0.4 is 19.5 Å². The molecule has 0 bridgehead atoms. The van der Waals surface area contributed by atoms with Gasteiger partial charge in [-0.2, -0.15) is 0 Å². The maximum atomic E-state index is 13.0. The molecular weight excluding hydrogens is 366 g/mol. The van der Waals surface area contributed by atoms with Gasteiger partial charge in [0.05, 0.1) is 6.61 Å². The number of alkyl halides is 2. The summed E-state index contributed by atoms with van der Waals surface area (Å²) < 4.78 is 44.7. The van der Waals surface area contributed by atoms with E-state index in [1.54, 1.807) is 6.92 Å². The molecular formula is C17H14F2N2O6. The average Bonchev–Trinajstić information content (AvgIpc) is 2.93. The van der Waals surface area contributed by atoms with Crippen LogP contribution >= 0.6 is 0 Å². The van der Waals surface area contributed by atoms with Crippen LogP contribution in [-0.2, 0) is 9.53 Å². The number of nitrogens with zero attached hydrogens (tertiary/aromatic N) is 1. The summed E-state index contributed by atoms with van der Waals surface area (Å²) in [6.07, 6.45) is -2.29. The molecule has 0 atom stereocenters. The molecule has 1 amide bonds. The fourth-order valence-electron chi connectivity index (χ4n) is 2.23. The van der Waals surface area contributed by atoms with Crippen LogP contribution in [0, 0.1) is 0 Å². The van der Waals surface area contributed by atoms with Gasteiger partial charge >= 0.3 is 12.3 Å². The second-order valence-electron chi connectivity index (χ2n) is 5.24. The summed E-state index contributed by atoms with van der Waals surface area (Å²) in [5, 5.41) is 2.40. The van der Waals surface area contributed by atoms with Crippen LogP contribution in [0.4, 0.5) is 14.5 Å². The number of carbonyl (C=O) groups excluding carboxylic acids is 2. The lowest BCUT2D eigenvalue weighted by atomic mass is 10.2. The number of ether oxygens (including phenoxy) is 4. The molecule has 1 aliphatic heterocycles. The summed E-state index contributed by atoms with van der Waals surface area (Å²) in [5.74, 6) is -1.72. The molecule has 10 heteroatoms. The third-order valence-electron chi connectivity index (χ3n) is 3.29. The molecule has 2 heterocycles. The van der Waals surface area contributed by atoms with Crippen LogP contribution in [0.3, 0.4) is 0 Å². The minimum atomic E-state index is -3.75. The van der Waals surface area contributed by atoms with E-state index in [2.05, 4.69) is 19.8 Å². The van der Waals surface area contributed by atoms with Crippen molar-refractivity contribution < 1.29 is 37.3 Å². The van der Waals surface area contributed by atoms with E-state index in [9.17, 15) is 18.4 Å². The molecule has 1 N–H and O–H groups in total. The number of rotatable bonds is 6. The fraction of sp³-hybridized carbons (Fsp3) is 0.235. The zero-order valence-electron chi connectivity index (χ0n) is 14.0. The summed E-state index contributed by atoms with van der Waals surface area (Å²) in [5.41, 5.74) is 0.255. The first-order valence-corrected chi connectivity index (χ1v) is 7.82. The molecule has 142 valence electrons. The quantitative estimate of drug-likeness (QED) is 0.770. The highest BCUT2D eigenvalue weighted by atomic mass is 19.3. The van der Waals surface area contributed by atoms with Gasteiger partial charge in [-0.3, -0.25) is 4.79 Å². The molecule has 0 spiro atoms. The third-order valence-corrected chi connectivity index (χ3v) is 3.29. The largest absolute Gasteiger partial charge is 0.586 e. The first kappa shape index (κ1) is 18.4. The number of carbonyl (C=O) groups is 2. The Morgan fingerprint density at radius 1 is 1.22 bits per heavy atom. The van der Waals surface area contributed by atoms with Gasteiger partial charge in [0.1, 0.15) is 5.56 Å². The Balaban J connectivity index is 1.57. The Kier molecular flexibility index (Phi) is 5.06. The first-order valence-electron chi connectivity index (χ1n) is 7.82. The van der Waals surface area contributed by atoms with Gasteiger partial charge in [-0.15, -0.1) is 8.78 Å². The average molecular weight is 380 g/mol. The molecule has 0 saturated carbocycles. The second kappa shape index (κ2) is 7.44. The minimum Gasteiger partial charge on any atom is -0.477 e. The number of halogens is 2. The van der Waals surface area contributed by atoms with Crippen LogP contribution in [0.25, 0.3) is 0 Å². The number of esters is 1. The van der Waals surface area contributed by atoms with E-state index in [0.717, 1.165) is 0 Å². The number of fused-ring (bicyclic) bond motifs is 1. The Morgan fingerprint density at radius 3 is 2.78 bits per heavy atom. The molecule has 1 aromatic heterocycles. The molecule has 27 heavy (non-hydrogen) atoms. The lowest BCUT2D eigenvalue weighted by Crippen LogP contribution is -2.25. The maximum Gasteiger partial charge on any atom is 0.586 e. The van der Waals surface area contributed by atoms with Crippen molar-refractivity contribution in [2.45, 2.75) is 13.2 Å². The van der Waals surface area contributed by atoms with Crippen LogP contribution in [0.5, 0.6) is 17.4 Å². The Morgan fingerprint density at radius 2 is 2.00 bits per heavy atom. The number of pyridine rings is 1. The molecule has 8 nitrogen and oxygen atoms in total. The van der Waals surface area contributed by atoms with Gasteiger partial charge < -0.3 is 24.3 Å². The molecule has 0 unspecified atom stereocenters. The van der Waals surface area contributed by atoms with E-state index in [0.29, 0.717) is 6.61 Å². The van der Waals surface area contributed by atoms with E-state index in [1.807, 2.05) is 0 Å². The van der Waals surface area contributed by atoms with Gasteiger partial charge in [-0.1, -0.05) is 0 Å². The Hall–Kier alpha value is -3.43. The summed E-state index contributed by atoms with van der Waals surface area (Å²) in [6.45, 7) is 1.45. The van der Waals surface area contributed by atoms with Gasteiger partial charge in [0, 0.05) is 18.0 Å². The van der Waals surface area contributed by atoms with Crippen LogP contribution in [-0.4, -0.2) is 36.4 Å². The number of hydrogen-bond acceptors (Lipinski definition) is 7. The lowest BCUT2D eigenvalue weighted by Gasteiger charge is -2.09. The highest BCUT2D eigenvalue weighted by Crippen LogP contribution is 2.42. The zero-order chi connectivity index (χ0) is 19.4. The van der Waals surface area contributed by atoms with Crippen LogP contribution in [0.2, 0.25) is 0 Å². The third kappa shape index (κ3) is 4.40. The number of hydrogen-bond donors (Lipinski definition) is 1. The highest BCUT2D eigenvalue weighted by Gasteiger charge is 2.43. The van der Waals surface area contributed by atoms with Crippen molar-refractivity contribution >= 4 is 17.6 Å². The standard InChI is InChI=1S/C17H14F2N2O6/c1-2-24-15-11(4-3-7-20-15)16(23)25-9-14(22)21-10-5-6-12-13(8-10)27-17(18,19)26-12/h3-8H,2,9H2,1H3,(H,21,22). The molecule has 2 aromatic rings. The fourth-order valence-corrected chi connectivity index (χ4v) is 2.23. The predicted molar refractivity (Wildman–Crippen MR) is 87.0 cm³/mol. The molecule has 0 aliphatic carbocycles. The molecule has 0 fully saturated rings. The van der Waals surface area contributed by atoms with Crippen LogP contribution in [0.15, 0.2) is 36.5 Å². The summed E-state index contributed by atoms with van der Waals surface area (Å²) in [4.78, 5) is 27.9. The molecule has 1 aliphatic rings. The molecule has 0 saturated heterocycles. The van der Waals surface area contributed by atoms with E-state index in [4.69, 9.17) is 9.47 Å². The lowest BCUT2D eigenvalue weighted by molar-refractivity contribution is -0.286. The number of nitrogens with one attached hydrogen (secondary N) is 1. The maximum absolute atomic E-state index is 13.0. The summed E-state index contributed by atoms with van der Waals surface area (Å²) in [7, 11) is 0. The smallest absolute Gasteiger partial charge is 0.477 e. The van der Waals surface area contributed by atoms with E-state index >= 15 is 0 Å². The van der Waals surface area contributed by atoms with Crippen LogP contribution in [0.1, 0.15) is 17.3 Å². The van der Waals surface area contributed by atoms with Crippen molar-refractivity contribution in [1.29, 1.82) is 0 Å². The number of benzene rings is 1. The SMILES string of the molecule is CCOc1ncccc1C(=O)OCC(=O)Nc1ccc2c(c1)OC(F)(F)O2. The second-order valence-corrected chi connectivity index (χ2v) is 5.24. The Labute approximate surface area is 152 Å². The van der Waals surface area contributed by atoms with Gasteiger partial charge in [0.2, 0.25) is 5.88 Å². The first-order chi connectivity index (χ1) is 12.9. The van der Waals surface area contributed by atoms with E-state index < -0.39 is 24.8 Å². The van der Waals surface area contributed by atoms with E-state index in [-0.39, 0.29) is 28.6 Å². The van der Waals surface area contributed by atoms with Crippen molar-refractivity contribution in [1.82, 2.24) is 4.98 Å². The topological polar surface area (TPSA) is 96.0 Å². The normalized spacial score (nSPS) is 13.7. The molecule has 0 radical (unpaired) electrons.